The average molecular weight is 363 g/mol. The number of hydrogen-bond donors (Lipinski definition) is 0. The molecule has 5 aromatic rings. The molecule has 1 aliphatic carbocycles. The summed E-state index contributed by atoms with van der Waals surface area (Å²) in [6.45, 7) is 0. The molecule has 0 atom stereocenters. The van der Waals surface area contributed by atoms with E-state index in [0.717, 1.165) is 5.02 Å². The molecule has 1 heteroatoms. The van der Waals surface area contributed by atoms with Crippen molar-refractivity contribution in [1.82, 2.24) is 0 Å². The summed E-state index contributed by atoms with van der Waals surface area (Å²) < 4.78 is 0. The van der Waals surface area contributed by atoms with Gasteiger partial charge in [0.05, 0.1) is 0 Å². The van der Waals surface area contributed by atoms with E-state index >= 15 is 0 Å². The number of fused-ring (bicyclic) bond motifs is 4. The predicted octanol–water partition coefficient (Wildman–Crippen LogP) is 7.96. The van der Waals surface area contributed by atoms with E-state index < -0.39 is 0 Å². The summed E-state index contributed by atoms with van der Waals surface area (Å²) in [6.07, 6.45) is 0. The lowest BCUT2D eigenvalue weighted by atomic mass is 9.92. The third-order valence-corrected chi connectivity index (χ3v) is 5.85. The Kier molecular flexibility index (Phi) is 3.03. The lowest BCUT2D eigenvalue weighted by Gasteiger charge is -2.12. The Morgan fingerprint density at radius 3 is 2.04 bits per heavy atom. The molecule has 0 heterocycles. The Labute approximate surface area is 162 Å². The van der Waals surface area contributed by atoms with Crippen LogP contribution in [0, 0.1) is 0 Å². The summed E-state index contributed by atoms with van der Waals surface area (Å²) in [5.74, 6) is 0. The maximum Gasteiger partial charge on any atom is 0.0418 e. The van der Waals surface area contributed by atoms with Crippen LogP contribution in [-0.4, -0.2) is 0 Å². The molecule has 27 heavy (non-hydrogen) atoms. The Balaban J connectivity index is 1.72. The van der Waals surface area contributed by atoms with Crippen molar-refractivity contribution in [3.63, 3.8) is 0 Å². The molecule has 0 spiro atoms. The molecule has 0 saturated carbocycles. The van der Waals surface area contributed by atoms with Gasteiger partial charge in [0.15, 0.2) is 0 Å². The van der Waals surface area contributed by atoms with Gasteiger partial charge in [0.1, 0.15) is 0 Å². The molecule has 0 bridgehead atoms. The lowest BCUT2D eigenvalue weighted by molar-refractivity contribution is 1.64. The smallest absolute Gasteiger partial charge is 0.0418 e. The highest BCUT2D eigenvalue weighted by molar-refractivity contribution is 6.32. The van der Waals surface area contributed by atoms with Crippen molar-refractivity contribution in [3.05, 3.63) is 96.0 Å². The van der Waals surface area contributed by atoms with Crippen LogP contribution in [0.2, 0.25) is 5.02 Å². The van der Waals surface area contributed by atoms with Crippen molar-refractivity contribution in [3.8, 4) is 33.4 Å². The number of benzene rings is 5. The van der Waals surface area contributed by atoms with Crippen LogP contribution in [0.25, 0.3) is 54.9 Å². The van der Waals surface area contributed by atoms with Gasteiger partial charge < -0.3 is 0 Å². The number of hydrogen-bond acceptors (Lipinski definition) is 0. The first kappa shape index (κ1) is 15.0. The van der Waals surface area contributed by atoms with Gasteiger partial charge in [-0.3, -0.25) is 0 Å². The fourth-order valence-electron chi connectivity index (χ4n) is 4.47. The highest BCUT2D eigenvalue weighted by Gasteiger charge is 2.24. The van der Waals surface area contributed by atoms with Crippen molar-refractivity contribution in [2.45, 2.75) is 0 Å². The molecule has 126 valence electrons. The maximum absolute atomic E-state index is 6.57. The molecule has 0 saturated heterocycles. The summed E-state index contributed by atoms with van der Waals surface area (Å²) in [5.41, 5.74) is 7.52. The van der Waals surface area contributed by atoms with Crippen LogP contribution < -0.4 is 0 Å². The second-order valence-corrected chi connectivity index (χ2v) is 7.58. The standard InChI is InChI=1S/C26H15Cl/c27-20-14-23(19-12-11-16-5-1-2-6-18(16)13-19)26-22-10-4-8-17-7-3-9-21(25(17)22)24(26)15-20/h1-15H. The minimum absolute atomic E-state index is 0.779. The quantitative estimate of drug-likeness (QED) is 0.278. The van der Waals surface area contributed by atoms with E-state index in [1.807, 2.05) is 0 Å². The highest BCUT2D eigenvalue weighted by Crippen LogP contribution is 2.52. The van der Waals surface area contributed by atoms with Crippen LogP contribution in [0.1, 0.15) is 0 Å². The highest BCUT2D eigenvalue weighted by atomic mass is 35.5. The number of halogens is 1. The van der Waals surface area contributed by atoms with E-state index in [9.17, 15) is 0 Å². The zero-order chi connectivity index (χ0) is 18.0. The molecular weight excluding hydrogens is 348 g/mol. The summed E-state index contributed by atoms with van der Waals surface area (Å²) in [6, 6.07) is 32.5. The van der Waals surface area contributed by atoms with E-state index in [2.05, 4.69) is 91.0 Å². The monoisotopic (exact) mass is 362 g/mol. The molecule has 1 aliphatic rings. The maximum atomic E-state index is 6.57. The fraction of sp³-hybridized carbons (Fsp3) is 0. The largest absolute Gasteiger partial charge is 0.0843 e. The molecule has 6 rings (SSSR count). The first-order valence-electron chi connectivity index (χ1n) is 9.15. The van der Waals surface area contributed by atoms with E-state index in [1.165, 1.54) is 54.9 Å². The Hall–Kier alpha value is -3.09. The van der Waals surface area contributed by atoms with Crippen molar-refractivity contribution < 1.29 is 0 Å². The van der Waals surface area contributed by atoms with Crippen LogP contribution >= 0.6 is 11.6 Å². The average Bonchev–Trinajstić information content (AvgIpc) is 3.03. The molecule has 0 fully saturated rings. The van der Waals surface area contributed by atoms with Gasteiger partial charge in [0.25, 0.3) is 0 Å². The van der Waals surface area contributed by atoms with Crippen molar-refractivity contribution >= 4 is 33.1 Å². The first-order valence-corrected chi connectivity index (χ1v) is 9.53. The topological polar surface area (TPSA) is 0 Å². The van der Waals surface area contributed by atoms with Crippen molar-refractivity contribution in [1.29, 1.82) is 0 Å². The first-order chi connectivity index (χ1) is 13.3. The van der Waals surface area contributed by atoms with Crippen LogP contribution in [-0.2, 0) is 0 Å². The molecule has 0 aliphatic heterocycles. The molecular formula is C26H15Cl. The minimum Gasteiger partial charge on any atom is -0.0843 e. The second kappa shape index (κ2) is 5.45. The van der Waals surface area contributed by atoms with Gasteiger partial charge in [-0.25, -0.2) is 0 Å². The zero-order valence-corrected chi connectivity index (χ0v) is 15.3. The molecule has 0 radical (unpaired) electrons. The van der Waals surface area contributed by atoms with Crippen LogP contribution in [0.3, 0.4) is 0 Å². The SMILES string of the molecule is Clc1cc(-c2ccc3ccccc3c2)c2c(c1)-c1cccc3cccc-2c13. The van der Waals surface area contributed by atoms with Gasteiger partial charge in [-0.05, 0) is 73.1 Å². The van der Waals surface area contributed by atoms with Crippen molar-refractivity contribution in [2.75, 3.05) is 0 Å². The Bertz CT molecular complexity index is 1370. The van der Waals surface area contributed by atoms with Gasteiger partial charge in [-0.2, -0.15) is 0 Å². The zero-order valence-electron chi connectivity index (χ0n) is 14.5. The molecule has 0 N–H and O–H groups in total. The van der Waals surface area contributed by atoms with Gasteiger partial charge >= 0.3 is 0 Å². The molecule has 5 aromatic carbocycles. The third-order valence-electron chi connectivity index (χ3n) is 5.63. The van der Waals surface area contributed by atoms with E-state index in [0.29, 0.717) is 0 Å². The second-order valence-electron chi connectivity index (χ2n) is 7.15. The van der Waals surface area contributed by atoms with Gasteiger partial charge in [0, 0.05) is 5.02 Å². The molecule has 0 aromatic heterocycles. The predicted molar refractivity (Wildman–Crippen MR) is 116 cm³/mol. The van der Waals surface area contributed by atoms with Crippen LogP contribution in [0.15, 0.2) is 91.0 Å². The van der Waals surface area contributed by atoms with E-state index in [-0.39, 0.29) is 0 Å². The van der Waals surface area contributed by atoms with Crippen molar-refractivity contribution in [2.24, 2.45) is 0 Å². The molecule has 0 amide bonds. The van der Waals surface area contributed by atoms with Gasteiger partial charge in [0.2, 0.25) is 0 Å². The summed E-state index contributed by atoms with van der Waals surface area (Å²) >= 11 is 6.57. The minimum atomic E-state index is 0.779. The van der Waals surface area contributed by atoms with Crippen LogP contribution in [0.5, 0.6) is 0 Å². The fourth-order valence-corrected chi connectivity index (χ4v) is 4.69. The van der Waals surface area contributed by atoms with E-state index in [1.54, 1.807) is 0 Å². The molecule has 0 unspecified atom stereocenters. The summed E-state index contributed by atoms with van der Waals surface area (Å²) in [5, 5.41) is 5.89. The summed E-state index contributed by atoms with van der Waals surface area (Å²) in [7, 11) is 0. The van der Waals surface area contributed by atoms with E-state index in [4.69, 9.17) is 11.6 Å². The van der Waals surface area contributed by atoms with Crippen LogP contribution in [0.4, 0.5) is 0 Å². The summed E-state index contributed by atoms with van der Waals surface area (Å²) in [4.78, 5) is 0. The molecule has 0 nitrogen and oxygen atoms in total. The third kappa shape index (κ3) is 2.11. The van der Waals surface area contributed by atoms with Gasteiger partial charge in [-0.1, -0.05) is 84.4 Å². The normalized spacial score (nSPS) is 11.9. The van der Waals surface area contributed by atoms with Gasteiger partial charge in [-0.15, -0.1) is 0 Å². The number of rotatable bonds is 1. The Morgan fingerprint density at radius 2 is 1.19 bits per heavy atom. The lowest BCUT2D eigenvalue weighted by Crippen LogP contribution is -1.86. The Morgan fingerprint density at radius 1 is 0.481 bits per heavy atom.